The minimum Gasteiger partial charge on any atom is -1.00 e. The van der Waals surface area contributed by atoms with E-state index in [1.165, 1.54) is 89.9 Å². The van der Waals surface area contributed by atoms with Crippen LogP contribution in [0, 0.1) is 0 Å². The molecule has 0 aromatic heterocycles. The Morgan fingerprint density at radius 1 is 0.528 bits per heavy atom. The molecule has 53 heavy (non-hydrogen) atoms. The molecule has 1 unspecified atom stereocenters. The van der Waals surface area contributed by atoms with Crippen LogP contribution in [0.2, 0.25) is 0 Å². The molecule has 0 saturated carbocycles. The summed E-state index contributed by atoms with van der Waals surface area (Å²) in [5.41, 5.74) is 0. The van der Waals surface area contributed by atoms with E-state index in [2.05, 4.69) is 27.9 Å². The van der Waals surface area contributed by atoms with Gasteiger partial charge in [-0.05, 0) is 19.3 Å². The highest BCUT2D eigenvalue weighted by molar-refractivity contribution is 4.91. The van der Waals surface area contributed by atoms with Crippen LogP contribution in [0.25, 0.3) is 0 Å². The molecule has 2 saturated heterocycles. The van der Waals surface area contributed by atoms with Crippen molar-refractivity contribution in [3.63, 3.8) is 0 Å². The molecule has 2 rings (SSSR count). The molecule has 2 aliphatic rings. The quantitative estimate of drug-likeness (QED) is 0.0387. The van der Waals surface area contributed by atoms with E-state index in [4.69, 9.17) is 23.7 Å². The molecule has 0 aromatic carbocycles. The maximum absolute atomic E-state index is 10.7. The average Bonchev–Trinajstić information content (AvgIpc) is 3.11. The van der Waals surface area contributed by atoms with Gasteiger partial charge in [0.05, 0.1) is 40.5 Å². The molecule has 318 valence electrons. The standard InChI is InChI=1S/C39H78NO12.ClH/c1-5-7-9-11-13-15-16-17-19-21-23-40(3,4)25-29(41)26-48-27-30-32(42)34(44)37(47)39(51-30)50-28-31-33(43)35(45)36(46)38(52-31)49-24-22-20-18-14-12-10-8-6-2;/h29-39,41-47H,5-28H2,1-4H3;1H/q+1;/p-1/t29?,30-,31-,32-,33-,34+,35+,36-,37-,38-,39+;/m1./s1. The normalized spacial score (nSPS) is 29.9. The Morgan fingerprint density at radius 3 is 1.43 bits per heavy atom. The zero-order valence-electron chi connectivity index (χ0n) is 33.3. The number of rotatable bonds is 30. The predicted molar refractivity (Wildman–Crippen MR) is 198 cm³/mol. The third kappa shape index (κ3) is 20.2. The smallest absolute Gasteiger partial charge is 0.186 e. The van der Waals surface area contributed by atoms with Crippen LogP contribution in [0.4, 0.5) is 0 Å². The van der Waals surface area contributed by atoms with E-state index in [0.717, 1.165) is 32.2 Å². The Kier molecular flexibility index (Phi) is 27.8. The van der Waals surface area contributed by atoms with Crippen LogP contribution in [0.3, 0.4) is 0 Å². The Labute approximate surface area is 326 Å². The van der Waals surface area contributed by atoms with Crippen molar-refractivity contribution in [1.29, 1.82) is 0 Å². The van der Waals surface area contributed by atoms with Crippen molar-refractivity contribution in [1.82, 2.24) is 0 Å². The van der Waals surface area contributed by atoms with Crippen LogP contribution in [-0.2, 0) is 23.7 Å². The van der Waals surface area contributed by atoms with Gasteiger partial charge >= 0.3 is 0 Å². The number of likely N-dealkylation sites (N-methyl/N-ethyl adjacent to an activating group) is 1. The van der Waals surface area contributed by atoms with Crippen molar-refractivity contribution < 1.29 is 76.3 Å². The van der Waals surface area contributed by atoms with Crippen molar-refractivity contribution in [2.45, 2.75) is 197 Å². The maximum Gasteiger partial charge on any atom is 0.186 e. The highest BCUT2D eigenvalue weighted by Gasteiger charge is 2.47. The van der Waals surface area contributed by atoms with E-state index in [1.54, 1.807) is 0 Å². The first kappa shape index (κ1) is 50.8. The molecule has 2 heterocycles. The minimum absolute atomic E-state index is 0. The molecule has 0 amide bonds. The van der Waals surface area contributed by atoms with Gasteiger partial charge in [0.15, 0.2) is 12.6 Å². The van der Waals surface area contributed by atoms with Crippen molar-refractivity contribution in [3.05, 3.63) is 0 Å². The summed E-state index contributed by atoms with van der Waals surface area (Å²) in [6.45, 7) is 5.64. The van der Waals surface area contributed by atoms with Crippen molar-refractivity contribution >= 4 is 0 Å². The lowest BCUT2D eigenvalue weighted by Crippen LogP contribution is -3.00. The number of ether oxygens (including phenoxy) is 5. The first-order chi connectivity index (χ1) is 24.9. The van der Waals surface area contributed by atoms with E-state index >= 15 is 0 Å². The van der Waals surface area contributed by atoms with Gasteiger partial charge in [-0.25, -0.2) is 0 Å². The van der Waals surface area contributed by atoms with Crippen molar-refractivity contribution in [2.24, 2.45) is 0 Å². The van der Waals surface area contributed by atoms with Crippen LogP contribution < -0.4 is 12.4 Å². The van der Waals surface area contributed by atoms with E-state index in [1.807, 2.05) is 0 Å². The lowest BCUT2D eigenvalue weighted by Gasteiger charge is -2.43. The molecule has 0 bridgehead atoms. The molecule has 0 aliphatic carbocycles. The minimum atomic E-state index is -1.62. The van der Waals surface area contributed by atoms with Crippen LogP contribution in [0.1, 0.15) is 129 Å². The Morgan fingerprint density at radius 2 is 0.943 bits per heavy atom. The zero-order valence-corrected chi connectivity index (χ0v) is 34.1. The Bertz CT molecular complexity index is 878. The highest BCUT2D eigenvalue weighted by Crippen LogP contribution is 2.26. The number of aliphatic hydroxyl groups is 7. The first-order valence-electron chi connectivity index (χ1n) is 20.6. The van der Waals surface area contributed by atoms with Crippen LogP contribution in [0.15, 0.2) is 0 Å². The summed E-state index contributed by atoms with van der Waals surface area (Å²) in [6.07, 6.45) is 6.87. The summed E-state index contributed by atoms with van der Waals surface area (Å²) in [4.78, 5) is 0. The molecule has 0 radical (unpaired) electrons. The summed E-state index contributed by atoms with van der Waals surface area (Å²) >= 11 is 0. The summed E-state index contributed by atoms with van der Waals surface area (Å²) < 4.78 is 29.2. The average molecular weight is 789 g/mol. The molecule has 2 aliphatic heterocycles. The number of hydrogen-bond acceptors (Lipinski definition) is 12. The third-order valence-corrected chi connectivity index (χ3v) is 10.5. The molecule has 2 fully saturated rings. The fraction of sp³-hybridized carbons (Fsp3) is 1.00. The van der Waals surface area contributed by atoms with Gasteiger partial charge in [0, 0.05) is 6.61 Å². The van der Waals surface area contributed by atoms with E-state index < -0.39 is 67.5 Å². The second-order valence-corrected chi connectivity index (χ2v) is 15.9. The van der Waals surface area contributed by atoms with E-state index in [9.17, 15) is 35.7 Å². The summed E-state index contributed by atoms with van der Waals surface area (Å²) in [5.74, 6) is 0. The molecular formula is C39H78ClNO12. The first-order valence-corrected chi connectivity index (χ1v) is 20.6. The topological polar surface area (TPSA) is 188 Å². The monoisotopic (exact) mass is 788 g/mol. The SMILES string of the molecule is CCCCCCCCCCCC[N+](C)(C)CC(O)COC[C@H]1O[C@H](OC[C@H]2O[C@@H](OCCCCCCCCCC)[C@H](O)[C@@H](O)[C@@H]2O)[C@H](O)[C@@H](O)[C@@H]1O.[Cl-]. The number of quaternary nitrogens is 1. The molecule has 14 heteroatoms. The number of nitrogens with zero attached hydrogens (tertiary/aromatic N) is 1. The van der Waals surface area contributed by atoms with Gasteiger partial charge in [-0.15, -0.1) is 0 Å². The number of aliphatic hydroxyl groups excluding tert-OH is 7. The van der Waals surface area contributed by atoms with Crippen LogP contribution in [-0.4, -0.2) is 161 Å². The highest BCUT2D eigenvalue weighted by atomic mass is 35.5. The van der Waals surface area contributed by atoms with Gasteiger partial charge in [0.2, 0.25) is 0 Å². The molecule has 7 N–H and O–H groups in total. The van der Waals surface area contributed by atoms with Crippen LogP contribution >= 0.6 is 0 Å². The second-order valence-electron chi connectivity index (χ2n) is 15.9. The fourth-order valence-corrected chi connectivity index (χ4v) is 7.07. The molecule has 13 nitrogen and oxygen atoms in total. The summed E-state index contributed by atoms with van der Waals surface area (Å²) in [5, 5.41) is 73.8. The van der Waals surface area contributed by atoms with Gasteiger partial charge in [-0.2, -0.15) is 0 Å². The number of hydrogen-bond donors (Lipinski definition) is 7. The van der Waals surface area contributed by atoms with Gasteiger partial charge in [-0.3, -0.25) is 0 Å². The molecule has 0 aromatic rings. The number of unbranched alkanes of at least 4 members (excludes halogenated alkanes) is 16. The van der Waals surface area contributed by atoms with Crippen molar-refractivity contribution in [2.75, 3.05) is 53.6 Å². The van der Waals surface area contributed by atoms with Gasteiger partial charge < -0.3 is 76.3 Å². The van der Waals surface area contributed by atoms with E-state index in [0.29, 0.717) is 17.6 Å². The summed E-state index contributed by atoms with van der Waals surface area (Å²) in [7, 11) is 4.17. The van der Waals surface area contributed by atoms with Gasteiger partial charge in [0.25, 0.3) is 0 Å². The zero-order chi connectivity index (χ0) is 38.4. The van der Waals surface area contributed by atoms with Crippen LogP contribution in [0.5, 0.6) is 0 Å². The molecular weight excluding hydrogens is 710 g/mol. The Hall–Kier alpha value is -0.230. The fourth-order valence-electron chi connectivity index (χ4n) is 7.07. The maximum atomic E-state index is 10.7. The molecule has 11 atom stereocenters. The van der Waals surface area contributed by atoms with Crippen molar-refractivity contribution in [3.8, 4) is 0 Å². The Balaban J connectivity index is 0.0000140. The number of halogens is 1. The van der Waals surface area contributed by atoms with E-state index in [-0.39, 0.29) is 32.2 Å². The van der Waals surface area contributed by atoms with Gasteiger partial charge in [0.1, 0.15) is 61.5 Å². The molecule has 0 spiro atoms. The second kappa shape index (κ2) is 29.1. The largest absolute Gasteiger partial charge is 1.00 e. The lowest BCUT2D eigenvalue weighted by atomic mass is 9.98. The predicted octanol–water partition coefficient (Wildman–Crippen LogP) is 0.154. The van der Waals surface area contributed by atoms with Gasteiger partial charge in [-0.1, -0.05) is 110 Å². The summed E-state index contributed by atoms with van der Waals surface area (Å²) in [6, 6.07) is 0. The lowest BCUT2D eigenvalue weighted by molar-refractivity contribution is -0.893. The third-order valence-electron chi connectivity index (χ3n) is 10.5.